The van der Waals surface area contributed by atoms with Crippen molar-refractivity contribution in [1.82, 2.24) is 15.6 Å². The summed E-state index contributed by atoms with van der Waals surface area (Å²) >= 11 is 1.74. The Morgan fingerprint density at radius 1 is 1.32 bits per heavy atom. The summed E-state index contributed by atoms with van der Waals surface area (Å²) < 4.78 is 0. The van der Waals surface area contributed by atoms with Gasteiger partial charge in [-0.05, 0) is 44.9 Å². The zero-order valence-corrected chi connectivity index (χ0v) is 16.6. The average Bonchev–Trinajstić information content (AvgIpc) is 3.03. The van der Waals surface area contributed by atoms with E-state index in [-0.39, 0.29) is 12.0 Å². The Labute approximate surface area is 156 Å². The van der Waals surface area contributed by atoms with Crippen LogP contribution < -0.4 is 10.6 Å². The van der Waals surface area contributed by atoms with E-state index >= 15 is 0 Å². The highest BCUT2D eigenvalue weighted by Crippen LogP contribution is 2.39. The molecule has 1 aliphatic rings. The minimum Gasteiger partial charge on any atom is -0.396 e. The number of rotatable bonds is 9. The van der Waals surface area contributed by atoms with Crippen molar-refractivity contribution in [2.24, 2.45) is 10.4 Å². The molecule has 0 spiro atoms. The van der Waals surface area contributed by atoms with Crippen molar-refractivity contribution in [2.45, 2.75) is 65.2 Å². The molecule has 1 saturated carbocycles. The Bertz CT molecular complexity index is 518. The van der Waals surface area contributed by atoms with Crippen LogP contribution in [0.4, 0.5) is 0 Å². The number of hydrogen-bond donors (Lipinski definition) is 3. The van der Waals surface area contributed by atoms with Crippen LogP contribution in [0.1, 0.15) is 62.6 Å². The van der Waals surface area contributed by atoms with Crippen molar-refractivity contribution in [3.63, 3.8) is 0 Å². The normalized spacial score (nSPS) is 17.5. The molecule has 1 aliphatic carbocycles. The van der Waals surface area contributed by atoms with E-state index in [0.717, 1.165) is 50.6 Å². The fourth-order valence-electron chi connectivity index (χ4n) is 3.58. The van der Waals surface area contributed by atoms with Crippen LogP contribution in [0.25, 0.3) is 0 Å². The summed E-state index contributed by atoms with van der Waals surface area (Å²) in [6.07, 6.45) is 9.20. The van der Waals surface area contributed by atoms with Crippen molar-refractivity contribution in [2.75, 3.05) is 26.2 Å². The van der Waals surface area contributed by atoms with Gasteiger partial charge in [-0.3, -0.25) is 4.99 Å². The molecule has 1 aromatic heterocycles. The Hall–Kier alpha value is -1.14. The van der Waals surface area contributed by atoms with E-state index in [4.69, 9.17) is 4.99 Å². The molecule has 142 valence electrons. The third kappa shape index (κ3) is 6.94. The second-order valence-electron chi connectivity index (χ2n) is 7.14. The standard InChI is InChI=1S/C19H34N4OS/c1-3-20-18(21-12-7-8-17-23-16(2)14-25-17)22-15-19(11-13-24)9-5-4-6-10-19/h14,24H,3-13,15H2,1-2H3,(H2,20,21,22). The van der Waals surface area contributed by atoms with Crippen molar-refractivity contribution in [1.29, 1.82) is 0 Å². The summed E-state index contributed by atoms with van der Waals surface area (Å²) in [5.74, 6) is 0.903. The molecule has 0 amide bonds. The van der Waals surface area contributed by atoms with Gasteiger partial charge < -0.3 is 15.7 Å². The topological polar surface area (TPSA) is 69.5 Å². The number of aromatic nitrogens is 1. The maximum Gasteiger partial charge on any atom is 0.191 e. The smallest absolute Gasteiger partial charge is 0.191 e. The van der Waals surface area contributed by atoms with Crippen molar-refractivity contribution < 1.29 is 5.11 Å². The van der Waals surface area contributed by atoms with Crippen LogP contribution in [0.3, 0.4) is 0 Å². The van der Waals surface area contributed by atoms with E-state index in [1.54, 1.807) is 11.3 Å². The number of thiazole rings is 1. The summed E-state index contributed by atoms with van der Waals surface area (Å²) in [5, 5.41) is 19.6. The fourth-order valence-corrected chi connectivity index (χ4v) is 4.40. The quantitative estimate of drug-likeness (QED) is 0.356. The highest BCUT2D eigenvalue weighted by atomic mass is 32.1. The van der Waals surface area contributed by atoms with E-state index in [1.807, 2.05) is 6.92 Å². The molecule has 6 heteroatoms. The van der Waals surface area contributed by atoms with Crippen LogP contribution in [0.15, 0.2) is 10.4 Å². The fraction of sp³-hybridized carbons (Fsp3) is 0.789. The molecule has 1 fully saturated rings. The van der Waals surface area contributed by atoms with E-state index in [1.165, 1.54) is 37.1 Å². The molecule has 1 heterocycles. The predicted octanol–water partition coefficient (Wildman–Crippen LogP) is 3.27. The molecule has 0 bridgehead atoms. The molecule has 1 aromatic rings. The maximum atomic E-state index is 9.45. The zero-order chi connectivity index (χ0) is 18.0. The molecular weight excluding hydrogens is 332 g/mol. The van der Waals surface area contributed by atoms with Crippen LogP contribution in [-0.2, 0) is 6.42 Å². The van der Waals surface area contributed by atoms with Crippen LogP contribution in [-0.4, -0.2) is 42.3 Å². The number of nitrogens with zero attached hydrogens (tertiary/aromatic N) is 2. The molecule has 25 heavy (non-hydrogen) atoms. The van der Waals surface area contributed by atoms with Gasteiger partial charge in [0, 0.05) is 43.7 Å². The first kappa shape index (κ1) is 20.2. The molecule has 0 unspecified atom stereocenters. The lowest BCUT2D eigenvalue weighted by atomic mass is 9.72. The molecule has 2 rings (SSSR count). The Morgan fingerprint density at radius 3 is 2.76 bits per heavy atom. The lowest BCUT2D eigenvalue weighted by molar-refractivity contribution is 0.137. The predicted molar refractivity (Wildman–Crippen MR) is 106 cm³/mol. The van der Waals surface area contributed by atoms with Gasteiger partial charge in [0.2, 0.25) is 0 Å². The zero-order valence-electron chi connectivity index (χ0n) is 15.8. The molecule has 0 aliphatic heterocycles. The highest BCUT2D eigenvalue weighted by Gasteiger charge is 2.31. The van der Waals surface area contributed by atoms with Gasteiger partial charge in [-0.1, -0.05) is 19.3 Å². The number of aryl methyl sites for hydroxylation is 2. The van der Waals surface area contributed by atoms with Gasteiger partial charge in [0.05, 0.1) is 5.01 Å². The molecule has 3 N–H and O–H groups in total. The largest absolute Gasteiger partial charge is 0.396 e. The van der Waals surface area contributed by atoms with Gasteiger partial charge in [-0.25, -0.2) is 4.98 Å². The number of aliphatic hydroxyl groups excluding tert-OH is 1. The molecule has 0 aromatic carbocycles. The first-order valence-corrected chi connectivity index (χ1v) is 10.6. The van der Waals surface area contributed by atoms with Gasteiger partial charge in [0.1, 0.15) is 0 Å². The third-order valence-corrected chi connectivity index (χ3v) is 6.03. The number of guanidine groups is 1. The summed E-state index contributed by atoms with van der Waals surface area (Å²) in [4.78, 5) is 9.36. The molecule has 0 radical (unpaired) electrons. The number of nitrogens with one attached hydrogen (secondary N) is 2. The van der Waals surface area contributed by atoms with Crippen LogP contribution in [0.2, 0.25) is 0 Å². The third-order valence-electron chi connectivity index (χ3n) is 5.00. The van der Waals surface area contributed by atoms with Gasteiger partial charge in [-0.2, -0.15) is 0 Å². The van der Waals surface area contributed by atoms with E-state index in [9.17, 15) is 5.11 Å². The minimum absolute atomic E-state index is 0.202. The van der Waals surface area contributed by atoms with Crippen molar-refractivity contribution in [3.05, 3.63) is 16.1 Å². The first-order chi connectivity index (χ1) is 12.2. The van der Waals surface area contributed by atoms with Gasteiger partial charge >= 0.3 is 0 Å². The summed E-state index contributed by atoms with van der Waals surface area (Å²) in [5.41, 5.74) is 1.32. The molecule has 0 saturated heterocycles. The summed E-state index contributed by atoms with van der Waals surface area (Å²) in [6, 6.07) is 0. The number of hydrogen-bond acceptors (Lipinski definition) is 4. The van der Waals surface area contributed by atoms with Crippen LogP contribution in [0.5, 0.6) is 0 Å². The number of aliphatic hydroxyl groups is 1. The Balaban J connectivity index is 1.81. The van der Waals surface area contributed by atoms with E-state index < -0.39 is 0 Å². The summed E-state index contributed by atoms with van der Waals surface area (Å²) in [7, 11) is 0. The van der Waals surface area contributed by atoms with Gasteiger partial charge in [0.25, 0.3) is 0 Å². The van der Waals surface area contributed by atoms with E-state index in [0.29, 0.717) is 0 Å². The van der Waals surface area contributed by atoms with Gasteiger partial charge in [0.15, 0.2) is 5.96 Å². The Morgan fingerprint density at radius 2 is 2.12 bits per heavy atom. The van der Waals surface area contributed by atoms with Crippen LogP contribution >= 0.6 is 11.3 Å². The second kappa shape index (κ2) is 10.8. The van der Waals surface area contributed by atoms with Crippen molar-refractivity contribution in [3.8, 4) is 0 Å². The first-order valence-electron chi connectivity index (χ1n) is 9.71. The lowest BCUT2D eigenvalue weighted by Crippen LogP contribution is -2.39. The highest BCUT2D eigenvalue weighted by molar-refractivity contribution is 7.09. The molecule has 5 nitrogen and oxygen atoms in total. The van der Waals surface area contributed by atoms with E-state index in [2.05, 4.69) is 27.9 Å². The molecule has 0 atom stereocenters. The lowest BCUT2D eigenvalue weighted by Gasteiger charge is -2.35. The average molecular weight is 367 g/mol. The van der Waals surface area contributed by atoms with Crippen LogP contribution in [0, 0.1) is 12.3 Å². The minimum atomic E-state index is 0.202. The summed E-state index contributed by atoms with van der Waals surface area (Å²) in [6.45, 7) is 6.99. The maximum absolute atomic E-state index is 9.45. The number of aliphatic imine (C=N–C) groups is 1. The molecular formula is C19H34N4OS. The Kier molecular flexibility index (Phi) is 8.68. The van der Waals surface area contributed by atoms with Gasteiger partial charge in [-0.15, -0.1) is 11.3 Å². The second-order valence-corrected chi connectivity index (χ2v) is 8.09. The SMILES string of the molecule is CCNC(=NCC1(CCO)CCCCC1)NCCCc1nc(C)cs1. The van der Waals surface area contributed by atoms with Crippen molar-refractivity contribution >= 4 is 17.3 Å². The monoisotopic (exact) mass is 366 g/mol.